The number of ether oxygens (including phenoxy) is 1. The molecule has 0 atom stereocenters. The average Bonchev–Trinajstić information content (AvgIpc) is 2.86. The fourth-order valence-electron chi connectivity index (χ4n) is 1.62. The molecule has 1 N–H and O–H groups in total. The summed E-state index contributed by atoms with van der Waals surface area (Å²) in [7, 11) is 0. The van der Waals surface area contributed by atoms with Crippen LogP contribution in [0.5, 0.6) is 5.75 Å². The molecule has 0 aliphatic carbocycles. The molecule has 0 saturated heterocycles. The molecule has 1 heterocycles. The van der Waals surface area contributed by atoms with Crippen molar-refractivity contribution in [3.63, 3.8) is 0 Å². The van der Waals surface area contributed by atoms with Crippen LogP contribution in [0.2, 0.25) is 0 Å². The zero-order valence-corrected chi connectivity index (χ0v) is 11.9. The molecule has 0 fully saturated rings. The van der Waals surface area contributed by atoms with Crippen molar-refractivity contribution >= 4 is 5.88 Å². The van der Waals surface area contributed by atoms with Gasteiger partial charge in [0.15, 0.2) is 18.2 Å². The highest BCUT2D eigenvalue weighted by Gasteiger charge is 2.14. The van der Waals surface area contributed by atoms with Crippen molar-refractivity contribution in [1.82, 2.24) is 4.98 Å². The van der Waals surface area contributed by atoms with Crippen molar-refractivity contribution < 1.29 is 13.5 Å². The number of hydrogen-bond donors (Lipinski definition) is 1. The lowest BCUT2D eigenvalue weighted by Gasteiger charge is -2.05. The lowest BCUT2D eigenvalue weighted by atomic mass is 10.2. The molecule has 0 spiro atoms. The molecule has 5 nitrogen and oxygen atoms in total. The van der Waals surface area contributed by atoms with Gasteiger partial charge in [-0.25, -0.2) is 4.39 Å². The first-order chi connectivity index (χ1) is 10.1. The van der Waals surface area contributed by atoms with Crippen molar-refractivity contribution in [2.24, 2.45) is 5.92 Å². The summed E-state index contributed by atoms with van der Waals surface area (Å²) < 4.78 is 24.1. The second-order valence-corrected chi connectivity index (χ2v) is 4.89. The Hall–Kier alpha value is -2.55. The monoisotopic (exact) mass is 289 g/mol. The molecule has 0 bridgehead atoms. The number of halogens is 1. The molecule has 0 radical (unpaired) electrons. The number of hydrogen-bond acceptors (Lipinski definition) is 5. The Kier molecular flexibility index (Phi) is 4.77. The molecule has 2 aromatic rings. The Morgan fingerprint density at radius 1 is 1.43 bits per heavy atom. The van der Waals surface area contributed by atoms with E-state index in [4.69, 9.17) is 14.4 Å². The second-order valence-electron chi connectivity index (χ2n) is 4.89. The van der Waals surface area contributed by atoms with Crippen molar-refractivity contribution in [1.29, 1.82) is 5.26 Å². The molecule has 0 aliphatic rings. The van der Waals surface area contributed by atoms with Gasteiger partial charge in [-0.2, -0.15) is 10.2 Å². The summed E-state index contributed by atoms with van der Waals surface area (Å²) in [5.41, 5.74) is 0.169. The van der Waals surface area contributed by atoms with Gasteiger partial charge in [0.1, 0.15) is 6.07 Å². The minimum absolute atomic E-state index is 0.0427. The van der Waals surface area contributed by atoms with Crippen LogP contribution >= 0.6 is 0 Å². The van der Waals surface area contributed by atoms with Gasteiger partial charge in [-0.1, -0.05) is 26.0 Å². The molecule has 0 unspecified atom stereocenters. The average molecular weight is 289 g/mol. The van der Waals surface area contributed by atoms with Crippen molar-refractivity contribution in [2.45, 2.75) is 20.5 Å². The van der Waals surface area contributed by atoms with Gasteiger partial charge in [0, 0.05) is 6.54 Å². The number of benzene rings is 1. The Labute approximate surface area is 122 Å². The summed E-state index contributed by atoms with van der Waals surface area (Å²) in [5, 5.41) is 12.0. The first kappa shape index (κ1) is 14.9. The van der Waals surface area contributed by atoms with Crippen LogP contribution in [0.4, 0.5) is 10.3 Å². The summed E-state index contributed by atoms with van der Waals surface area (Å²) >= 11 is 0. The standard InChI is InChI=1S/C15H16FN3O2/c1-10(2)8-18-15-12(7-17)19-14(21-15)9-20-13-6-4-3-5-11(13)16/h3-6,10,18H,8-9H2,1-2H3. The van der Waals surface area contributed by atoms with Gasteiger partial charge >= 0.3 is 0 Å². The minimum Gasteiger partial charge on any atom is -0.481 e. The van der Waals surface area contributed by atoms with Crippen LogP contribution in [0.3, 0.4) is 0 Å². The largest absolute Gasteiger partial charge is 0.481 e. The van der Waals surface area contributed by atoms with Crippen LogP contribution in [-0.2, 0) is 6.61 Å². The summed E-state index contributed by atoms with van der Waals surface area (Å²) in [4.78, 5) is 4.01. The number of oxazole rings is 1. The zero-order chi connectivity index (χ0) is 15.2. The fourth-order valence-corrected chi connectivity index (χ4v) is 1.62. The Balaban J connectivity index is 2.04. The minimum atomic E-state index is -0.456. The molecule has 110 valence electrons. The molecular formula is C15H16FN3O2. The quantitative estimate of drug-likeness (QED) is 0.883. The molecular weight excluding hydrogens is 273 g/mol. The summed E-state index contributed by atoms with van der Waals surface area (Å²) in [6, 6.07) is 8.02. The van der Waals surface area contributed by atoms with Crippen LogP contribution in [0, 0.1) is 23.1 Å². The summed E-state index contributed by atoms with van der Waals surface area (Å²) in [6.45, 7) is 4.70. The third kappa shape index (κ3) is 3.96. The third-order valence-electron chi connectivity index (χ3n) is 2.64. The SMILES string of the molecule is CC(C)CNc1oc(COc2ccccc2F)nc1C#N. The van der Waals surface area contributed by atoms with Crippen LogP contribution < -0.4 is 10.1 Å². The number of aromatic nitrogens is 1. The van der Waals surface area contributed by atoms with E-state index in [9.17, 15) is 4.39 Å². The van der Waals surface area contributed by atoms with Crippen LogP contribution in [0.1, 0.15) is 25.4 Å². The third-order valence-corrected chi connectivity index (χ3v) is 2.64. The maximum atomic E-state index is 13.4. The number of rotatable bonds is 6. The van der Waals surface area contributed by atoms with Gasteiger partial charge in [0.05, 0.1) is 0 Å². The van der Waals surface area contributed by atoms with Gasteiger partial charge < -0.3 is 14.5 Å². The van der Waals surface area contributed by atoms with Gasteiger partial charge in [-0.3, -0.25) is 0 Å². The van der Waals surface area contributed by atoms with E-state index in [1.54, 1.807) is 12.1 Å². The van der Waals surface area contributed by atoms with E-state index in [0.717, 1.165) is 0 Å². The van der Waals surface area contributed by atoms with Crippen LogP contribution in [0.25, 0.3) is 0 Å². The predicted molar refractivity (Wildman–Crippen MR) is 75.3 cm³/mol. The van der Waals surface area contributed by atoms with E-state index in [1.807, 2.05) is 19.9 Å². The normalized spacial score (nSPS) is 10.4. The highest BCUT2D eigenvalue weighted by atomic mass is 19.1. The fraction of sp³-hybridized carbons (Fsp3) is 0.333. The van der Waals surface area contributed by atoms with E-state index in [2.05, 4.69) is 10.3 Å². The van der Waals surface area contributed by atoms with E-state index >= 15 is 0 Å². The second kappa shape index (κ2) is 6.75. The first-order valence-corrected chi connectivity index (χ1v) is 6.61. The highest BCUT2D eigenvalue weighted by molar-refractivity contribution is 5.45. The first-order valence-electron chi connectivity index (χ1n) is 6.61. The van der Waals surface area contributed by atoms with Gasteiger partial charge in [0.25, 0.3) is 0 Å². The summed E-state index contributed by atoms with van der Waals surface area (Å²) in [5.74, 6) is 0.604. The Bertz CT molecular complexity index is 647. The van der Waals surface area contributed by atoms with Gasteiger partial charge in [-0.05, 0) is 18.1 Å². The van der Waals surface area contributed by atoms with E-state index < -0.39 is 5.82 Å². The highest BCUT2D eigenvalue weighted by Crippen LogP contribution is 2.20. The van der Waals surface area contributed by atoms with Crippen LogP contribution in [-0.4, -0.2) is 11.5 Å². The molecule has 0 aliphatic heterocycles. The molecule has 1 aromatic carbocycles. The lowest BCUT2D eigenvalue weighted by molar-refractivity contribution is 0.253. The molecule has 2 rings (SSSR count). The van der Waals surface area contributed by atoms with Crippen molar-refractivity contribution in [2.75, 3.05) is 11.9 Å². The van der Waals surface area contributed by atoms with Gasteiger partial charge in [0.2, 0.25) is 17.5 Å². The number of nitrogens with one attached hydrogen (secondary N) is 1. The Morgan fingerprint density at radius 2 is 2.19 bits per heavy atom. The molecule has 6 heteroatoms. The predicted octanol–water partition coefficient (Wildman–Crippen LogP) is 3.33. The van der Waals surface area contributed by atoms with E-state index in [1.165, 1.54) is 12.1 Å². The van der Waals surface area contributed by atoms with E-state index in [0.29, 0.717) is 18.3 Å². The summed E-state index contributed by atoms with van der Waals surface area (Å²) in [6.07, 6.45) is 0. The Morgan fingerprint density at radius 3 is 2.86 bits per heavy atom. The molecule has 0 saturated carbocycles. The number of anilines is 1. The lowest BCUT2D eigenvalue weighted by Crippen LogP contribution is -2.08. The maximum absolute atomic E-state index is 13.4. The smallest absolute Gasteiger partial charge is 0.236 e. The molecule has 1 aromatic heterocycles. The molecule has 0 amide bonds. The van der Waals surface area contributed by atoms with Crippen LogP contribution in [0.15, 0.2) is 28.7 Å². The maximum Gasteiger partial charge on any atom is 0.236 e. The molecule has 21 heavy (non-hydrogen) atoms. The van der Waals surface area contributed by atoms with Gasteiger partial charge in [-0.15, -0.1) is 0 Å². The number of para-hydroxylation sites is 1. The zero-order valence-electron chi connectivity index (χ0n) is 11.9. The topological polar surface area (TPSA) is 71.1 Å². The van der Waals surface area contributed by atoms with Crippen molar-refractivity contribution in [3.05, 3.63) is 41.7 Å². The number of nitrogens with zero attached hydrogens (tertiary/aromatic N) is 2. The van der Waals surface area contributed by atoms with E-state index in [-0.39, 0.29) is 23.9 Å². The number of nitriles is 1. The van der Waals surface area contributed by atoms with Crippen molar-refractivity contribution in [3.8, 4) is 11.8 Å².